The Hall–Kier alpha value is -2.04. The van der Waals surface area contributed by atoms with Crippen molar-refractivity contribution in [1.29, 1.82) is 0 Å². The van der Waals surface area contributed by atoms with Crippen LogP contribution >= 0.6 is 34.5 Å². The molecule has 2 N–H and O–H groups in total. The summed E-state index contributed by atoms with van der Waals surface area (Å²) in [7, 11) is 0. The first kappa shape index (κ1) is 24.6. The molecule has 1 saturated carbocycles. The largest absolute Gasteiger partial charge is 0.477 e. The van der Waals surface area contributed by atoms with Gasteiger partial charge in [-0.05, 0) is 70.7 Å². The highest BCUT2D eigenvalue weighted by atomic mass is 35.5. The molecule has 2 aromatic rings. The van der Waals surface area contributed by atoms with Gasteiger partial charge in [0.15, 0.2) is 0 Å². The van der Waals surface area contributed by atoms with E-state index < -0.39 is 18.0 Å². The predicted octanol–water partition coefficient (Wildman–Crippen LogP) is 6.10. The molecule has 0 aliphatic heterocycles. The summed E-state index contributed by atoms with van der Waals surface area (Å²) >= 11 is 13.4. The van der Waals surface area contributed by atoms with Crippen LogP contribution in [0.25, 0.3) is 0 Å². The zero-order valence-electron chi connectivity index (χ0n) is 18.1. The zero-order chi connectivity index (χ0) is 23.6. The van der Waals surface area contributed by atoms with Crippen molar-refractivity contribution in [3.63, 3.8) is 0 Å². The number of carbonyl (C=O) groups is 2. The first-order chi connectivity index (χ1) is 15.0. The van der Waals surface area contributed by atoms with Crippen LogP contribution in [-0.4, -0.2) is 34.2 Å². The molecule has 0 spiro atoms. The first-order valence-corrected chi connectivity index (χ1v) is 11.9. The summed E-state index contributed by atoms with van der Waals surface area (Å²) in [5.41, 5.74) is 0.296. The van der Waals surface area contributed by atoms with Crippen molar-refractivity contribution < 1.29 is 19.8 Å². The van der Waals surface area contributed by atoms with Gasteiger partial charge < -0.3 is 15.1 Å². The molecular weight excluding hydrogens is 469 g/mol. The normalized spacial score (nSPS) is 18.6. The number of anilines is 1. The molecule has 1 heterocycles. The Kier molecular flexibility index (Phi) is 7.57. The third-order valence-electron chi connectivity index (χ3n) is 5.14. The summed E-state index contributed by atoms with van der Waals surface area (Å²) in [5, 5.41) is 20.4. The molecule has 32 heavy (non-hydrogen) atoms. The number of benzene rings is 1. The zero-order valence-corrected chi connectivity index (χ0v) is 20.4. The van der Waals surface area contributed by atoms with Gasteiger partial charge in [-0.1, -0.05) is 35.0 Å². The summed E-state index contributed by atoms with van der Waals surface area (Å²) in [6.45, 7) is 5.91. The lowest BCUT2D eigenvalue weighted by molar-refractivity contribution is 0.0702. The molecule has 1 aliphatic rings. The lowest BCUT2D eigenvalue weighted by atomic mass is 9.91. The maximum atomic E-state index is 13.7. The van der Waals surface area contributed by atoms with E-state index in [1.54, 1.807) is 18.2 Å². The van der Waals surface area contributed by atoms with Crippen LogP contribution in [0.5, 0.6) is 0 Å². The lowest BCUT2D eigenvalue weighted by Crippen LogP contribution is -2.44. The Labute approximate surface area is 202 Å². The highest BCUT2D eigenvalue weighted by Gasteiger charge is 2.34. The summed E-state index contributed by atoms with van der Waals surface area (Å²) < 4.78 is 0. The molecule has 0 atom stereocenters. The monoisotopic (exact) mass is 493 g/mol. The number of nitrogens with zero attached hydrogens (tertiary/aromatic N) is 1. The number of carboxylic acids is 1. The van der Waals surface area contributed by atoms with Crippen molar-refractivity contribution in [3.8, 4) is 11.8 Å². The number of carboxylic acid groups (broad SMARTS) is 1. The van der Waals surface area contributed by atoms with Crippen LogP contribution in [0.3, 0.4) is 0 Å². The van der Waals surface area contributed by atoms with Gasteiger partial charge in [-0.25, -0.2) is 4.79 Å². The number of halogens is 2. The van der Waals surface area contributed by atoms with Crippen molar-refractivity contribution in [3.05, 3.63) is 49.6 Å². The van der Waals surface area contributed by atoms with Crippen LogP contribution in [0.4, 0.5) is 5.69 Å². The molecule has 1 aliphatic carbocycles. The number of hydrogen-bond donors (Lipinski definition) is 2. The molecule has 1 amide bonds. The van der Waals surface area contributed by atoms with E-state index in [0.717, 1.165) is 11.3 Å². The highest BCUT2D eigenvalue weighted by Crippen LogP contribution is 2.37. The van der Waals surface area contributed by atoms with Crippen LogP contribution in [0.2, 0.25) is 10.0 Å². The molecule has 0 radical (unpaired) electrons. The minimum atomic E-state index is -1.12. The second-order valence-corrected chi connectivity index (χ2v) is 10.8. The third-order valence-corrected chi connectivity index (χ3v) is 6.71. The summed E-state index contributed by atoms with van der Waals surface area (Å²) in [4.78, 5) is 27.9. The number of aromatic carboxylic acids is 1. The second kappa shape index (κ2) is 9.84. The number of hydrogen-bond acceptors (Lipinski definition) is 4. The van der Waals surface area contributed by atoms with Gasteiger partial charge in [-0.15, -0.1) is 11.3 Å². The molecule has 8 heteroatoms. The van der Waals surface area contributed by atoms with E-state index in [0.29, 0.717) is 41.3 Å². The number of aliphatic hydroxyl groups is 1. The Morgan fingerprint density at radius 1 is 1.12 bits per heavy atom. The average molecular weight is 494 g/mol. The molecule has 0 bridgehead atoms. The molecular formula is C24H25Cl2NO4S. The minimum absolute atomic E-state index is 0.0489. The number of thiophene rings is 1. The molecule has 1 aromatic heterocycles. The van der Waals surface area contributed by atoms with Crippen LogP contribution in [0, 0.1) is 17.3 Å². The van der Waals surface area contributed by atoms with Gasteiger partial charge in [-0.3, -0.25) is 4.79 Å². The average Bonchev–Trinajstić information content (AvgIpc) is 3.12. The Bertz CT molecular complexity index is 1090. The molecule has 0 saturated heterocycles. The second-order valence-electron chi connectivity index (χ2n) is 8.89. The Morgan fingerprint density at radius 3 is 2.34 bits per heavy atom. The topological polar surface area (TPSA) is 77.8 Å². The quantitative estimate of drug-likeness (QED) is 0.504. The summed E-state index contributed by atoms with van der Waals surface area (Å²) in [5.74, 6) is 4.64. The van der Waals surface area contributed by atoms with Gasteiger partial charge in [0, 0.05) is 16.5 Å². The van der Waals surface area contributed by atoms with Gasteiger partial charge >= 0.3 is 5.97 Å². The maximum absolute atomic E-state index is 13.7. The summed E-state index contributed by atoms with van der Waals surface area (Å²) in [6, 6.07) is 6.01. The fraction of sp³-hybridized carbons (Fsp3) is 0.417. The van der Waals surface area contributed by atoms with Crippen molar-refractivity contribution in [1.82, 2.24) is 0 Å². The molecule has 170 valence electrons. The van der Waals surface area contributed by atoms with Gasteiger partial charge in [0.25, 0.3) is 5.91 Å². The van der Waals surface area contributed by atoms with Gasteiger partial charge in [0.2, 0.25) is 0 Å². The number of rotatable bonds is 4. The first-order valence-electron chi connectivity index (χ1n) is 10.3. The molecule has 0 unspecified atom stereocenters. The molecule has 1 aromatic carbocycles. The SMILES string of the molecule is CC(C)(C)C#Cc1cc(N(C(=O)c2ccc(Cl)cc2Cl)[C@H]2CC[C@H](O)CC2)c(C(=O)O)s1. The molecule has 3 rings (SSSR count). The van der Waals surface area contributed by atoms with Crippen molar-refractivity contribution >= 4 is 52.1 Å². The maximum Gasteiger partial charge on any atom is 0.348 e. The summed E-state index contributed by atoms with van der Waals surface area (Å²) in [6.07, 6.45) is 1.75. The van der Waals surface area contributed by atoms with E-state index in [9.17, 15) is 19.8 Å². The molecule has 5 nitrogen and oxygen atoms in total. The van der Waals surface area contributed by atoms with E-state index in [4.69, 9.17) is 23.2 Å². The minimum Gasteiger partial charge on any atom is -0.477 e. The van der Waals surface area contributed by atoms with Crippen LogP contribution in [0.1, 0.15) is 71.4 Å². The standard InChI is InChI=1S/C24H25Cl2NO4S/c1-24(2,3)11-10-17-13-20(21(32-17)23(30)31)27(15-5-7-16(28)8-6-15)22(29)18-9-4-14(25)12-19(18)26/h4,9,12-13,15-16,28H,5-8H2,1-3H3,(H,30,31)/t15-,16-. The van der Waals surface area contributed by atoms with Crippen molar-refractivity contribution in [2.45, 2.75) is 58.6 Å². The van der Waals surface area contributed by atoms with E-state index in [1.807, 2.05) is 20.8 Å². The van der Waals surface area contributed by atoms with Crippen LogP contribution in [0.15, 0.2) is 24.3 Å². The van der Waals surface area contributed by atoms with Gasteiger partial charge in [0.05, 0.1) is 27.3 Å². The Balaban J connectivity index is 2.12. The fourth-order valence-corrected chi connectivity index (χ4v) is 4.94. The number of amides is 1. The van der Waals surface area contributed by atoms with Crippen LogP contribution in [-0.2, 0) is 0 Å². The number of aliphatic hydroxyl groups excluding tert-OH is 1. The van der Waals surface area contributed by atoms with Crippen LogP contribution < -0.4 is 4.90 Å². The molecule has 1 fully saturated rings. The van der Waals surface area contributed by atoms with E-state index in [1.165, 1.54) is 11.0 Å². The smallest absolute Gasteiger partial charge is 0.348 e. The van der Waals surface area contributed by atoms with Gasteiger partial charge in [-0.2, -0.15) is 0 Å². The lowest BCUT2D eigenvalue weighted by Gasteiger charge is -2.36. The Morgan fingerprint density at radius 2 is 1.78 bits per heavy atom. The van der Waals surface area contributed by atoms with Gasteiger partial charge in [0.1, 0.15) is 4.88 Å². The van der Waals surface area contributed by atoms with E-state index in [-0.39, 0.29) is 26.9 Å². The number of carbonyl (C=O) groups excluding carboxylic acids is 1. The predicted molar refractivity (Wildman–Crippen MR) is 129 cm³/mol. The van der Waals surface area contributed by atoms with E-state index >= 15 is 0 Å². The fourth-order valence-electron chi connectivity index (χ4n) is 3.61. The third kappa shape index (κ3) is 5.85. The van der Waals surface area contributed by atoms with Crippen molar-refractivity contribution in [2.24, 2.45) is 5.41 Å². The van der Waals surface area contributed by atoms with Crippen molar-refractivity contribution in [2.75, 3.05) is 4.90 Å². The highest BCUT2D eigenvalue weighted by molar-refractivity contribution is 7.15. The van der Waals surface area contributed by atoms with E-state index in [2.05, 4.69) is 11.8 Å².